The van der Waals surface area contributed by atoms with E-state index in [2.05, 4.69) is 0 Å². The zero-order valence-corrected chi connectivity index (χ0v) is 7.25. The van der Waals surface area contributed by atoms with Gasteiger partial charge in [-0.15, -0.1) is 11.6 Å². The molecule has 1 nitrogen and oxygen atoms in total. The predicted octanol–water partition coefficient (Wildman–Crippen LogP) is 2.31. The second-order valence-corrected chi connectivity index (χ2v) is 3.14. The molecule has 0 fully saturated rings. The van der Waals surface area contributed by atoms with Crippen LogP contribution in [-0.4, -0.2) is 6.04 Å². The SMILES string of the molecule is C[C@@H](N)[C@H](Cl)c1ccccc1. The molecule has 60 valence electrons. The molecule has 0 unspecified atom stereocenters. The minimum atomic E-state index is -0.0730. The lowest BCUT2D eigenvalue weighted by molar-refractivity contribution is 0.713. The first kappa shape index (κ1) is 8.57. The molecule has 0 saturated carbocycles. The monoisotopic (exact) mass is 169 g/mol. The topological polar surface area (TPSA) is 26.0 Å². The van der Waals surface area contributed by atoms with Gasteiger partial charge < -0.3 is 5.73 Å². The van der Waals surface area contributed by atoms with Crippen LogP contribution in [0.15, 0.2) is 30.3 Å². The number of nitrogens with two attached hydrogens (primary N) is 1. The first-order chi connectivity index (χ1) is 5.22. The van der Waals surface area contributed by atoms with E-state index < -0.39 is 0 Å². The largest absolute Gasteiger partial charge is 0.326 e. The Hall–Kier alpha value is -0.530. The van der Waals surface area contributed by atoms with Crippen molar-refractivity contribution in [2.45, 2.75) is 18.3 Å². The smallest absolute Gasteiger partial charge is 0.0733 e. The van der Waals surface area contributed by atoms with Crippen LogP contribution in [0.25, 0.3) is 0 Å². The van der Waals surface area contributed by atoms with Gasteiger partial charge in [0.1, 0.15) is 0 Å². The van der Waals surface area contributed by atoms with Gasteiger partial charge in [0, 0.05) is 6.04 Å². The van der Waals surface area contributed by atoms with Gasteiger partial charge in [-0.05, 0) is 12.5 Å². The highest BCUT2D eigenvalue weighted by Crippen LogP contribution is 2.21. The van der Waals surface area contributed by atoms with Gasteiger partial charge in [-0.2, -0.15) is 0 Å². The highest BCUT2D eigenvalue weighted by Gasteiger charge is 2.10. The molecule has 2 atom stereocenters. The van der Waals surface area contributed by atoms with Crippen LogP contribution in [0.1, 0.15) is 17.9 Å². The molecule has 11 heavy (non-hydrogen) atoms. The van der Waals surface area contributed by atoms with Gasteiger partial charge >= 0.3 is 0 Å². The molecule has 0 heterocycles. The van der Waals surface area contributed by atoms with Crippen LogP contribution < -0.4 is 5.73 Å². The third kappa shape index (κ3) is 2.21. The van der Waals surface area contributed by atoms with Crippen LogP contribution in [0.5, 0.6) is 0 Å². The maximum absolute atomic E-state index is 6.02. The number of hydrogen-bond acceptors (Lipinski definition) is 1. The molecule has 0 aliphatic heterocycles. The number of rotatable bonds is 2. The first-order valence-electron chi connectivity index (χ1n) is 3.66. The predicted molar refractivity (Wildman–Crippen MR) is 48.7 cm³/mol. The van der Waals surface area contributed by atoms with Crippen molar-refractivity contribution in [3.8, 4) is 0 Å². The van der Waals surface area contributed by atoms with Crippen molar-refractivity contribution in [3.63, 3.8) is 0 Å². The molecule has 1 aromatic rings. The van der Waals surface area contributed by atoms with Crippen molar-refractivity contribution < 1.29 is 0 Å². The highest BCUT2D eigenvalue weighted by molar-refractivity contribution is 6.21. The van der Waals surface area contributed by atoms with E-state index >= 15 is 0 Å². The number of alkyl halides is 1. The zero-order chi connectivity index (χ0) is 8.27. The third-order valence-electron chi connectivity index (χ3n) is 1.58. The van der Waals surface area contributed by atoms with Crippen LogP contribution in [0, 0.1) is 0 Å². The molecule has 0 bridgehead atoms. The summed E-state index contributed by atoms with van der Waals surface area (Å²) in [4.78, 5) is 0. The van der Waals surface area contributed by atoms with Crippen LogP contribution in [0.2, 0.25) is 0 Å². The van der Waals surface area contributed by atoms with Crippen LogP contribution in [-0.2, 0) is 0 Å². The van der Waals surface area contributed by atoms with Crippen molar-refractivity contribution >= 4 is 11.6 Å². The van der Waals surface area contributed by atoms with Crippen molar-refractivity contribution in [1.29, 1.82) is 0 Å². The lowest BCUT2D eigenvalue weighted by Gasteiger charge is -2.12. The minimum absolute atomic E-state index is 0.000864. The second-order valence-electron chi connectivity index (χ2n) is 2.67. The normalized spacial score (nSPS) is 15.9. The van der Waals surface area contributed by atoms with Gasteiger partial charge in [0.15, 0.2) is 0 Å². The fourth-order valence-corrected chi connectivity index (χ4v) is 1.09. The highest BCUT2D eigenvalue weighted by atomic mass is 35.5. The Kier molecular flexibility index (Phi) is 2.92. The van der Waals surface area contributed by atoms with E-state index in [1.165, 1.54) is 0 Å². The van der Waals surface area contributed by atoms with Gasteiger partial charge in [0.05, 0.1) is 5.38 Å². The van der Waals surface area contributed by atoms with Gasteiger partial charge in [0.25, 0.3) is 0 Å². The maximum atomic E-state index is 6.02. The summed E-state index contributed by atoms with van der Waals surface area (Å²) in [7, 11) is 0. The van der Waals surface area contributed by atoms with Crippen molar-refractivity contribution in [3.05, 3.63) is 35.9 Å². The van der Waals surface area contributed by atoms with Gasteiger partial charge in [0.2, 0.25) is 0 Å². The van der Waals surface area contributed by atoms with E-state index in [1.807, 2.05) is 37.3 Å². The lowest BCUT2D eigenvalue weighted by atomic mass is 10.1. The molecule has 0 aliphatic rings. The standard InChI is InChI=1S/C9H12ClN/c1-7(11)9(10)8-5-3-2-4-6-8/h2-7,9H,11H2,1H3/t7-,9+/m1/s1. The average Bonchev–Trinajstić information content (AvgIpc) is 2.05. The lowest BCUT2D eigenvalue weighted by Crippen LogP contribution is -2.20. The Morgan fingerprint density at radius 3 is 2.27 bits per heavy atom. The maximum Gasteiger partial charge on any atom is 0.0733 e. The van der Waals surface area contributed by atoms with E-state index in [0.29, 0.717) is 0 Å². The summed E-state index contributed by atoms with van der Waals surface area (Å²) in [5.74, 6) is 0. The van der Waals surface area contributed by atoms with E-state index in [0.717, 1.165) is 5.56 Å². The molecule has 0 amide bonds. The summed E-state index contributed by atoms with van der Waals surface area (Å²) < 4.78 is 0. The molecule has 2 heteroatoms. The second kappa shape index (κ2) is 3.74. The van der Waals surface area contributed by atoms with Crippen LogP contribution in [0.4, 0.5) is 0 Å². The Bertz CT molecular complexity index is 208. The molecule has 0 saturated heterocycles. The number of benzene rings is 1. The van der Waals surface area contributed by atoms with Crippen molar-refractivity contribution in [2.75, 3.05) is 0 Å². The summed E-state index contributed by atoms with van der Waals surface area (Å²) in [6.45, 7) is 1.91. The molecular weight excluding hydrogens is 158 g/mol. The van der Waals surface area contributed by atoms with Crippen molar-refractivity contribution in [1.82, 2.24) is 0 Å². The quantitative estimate of drug-likeness (QED) is 0.676. The van der Waals surface area contributed by atoms with Crippen LogP contribution >= 0.6 is 11.6 Å². The molecule has 0 aromatic heterocycles. The Labute approximate surface area is 72.2 Å². The molecule has 1 aromatic carbocycles. The van der Waals surface area contributed by atoms with Gasteiger partial charge in [-0.1, -0.05) is 30.3 Å². The van der Waals surface area contributed by atoms with E-state index in [-0.39, 0.29) is 11.4 Å². The molecule has 0 aliphatic carbocycles. The summed E-state index contributed by atoms with van der Waals surface area (Å²) in [6.07, 6.45) is 0. The first-order valence-corrected chi connectivity index (χ1v) is 4.10. The fourth-order valence-electron chi connectivity index (χ4n) is 0.940. The third-order valence-corrected chi connectivity index (χ3v) is 2.23. The summed E-state index contributed by atoms with van der Waals surface area (Å²) in [6, 6.07) is 9.87. The Balaban J connectivity index is 2.77. The van der Waals surface area contributed by atoms with Gasteiger partial charge in [-0.25, -0.2) is 0 Å². The molecule has 0 radical (unpaired) electrons. The Morgan fingerprint density at radius 2 is 1.82 bits per heavy atom. The number of halogens is 1. The molecule has 0 spiro atoms. The fraction of sp³-hybridized carbons (Fsp3) is 0.333. The average molecular weight is 170 g/mol. The summed E-state index contributed by atoms with van der Waals surface area (Å²) in [5, 5.41) is -0.0730. The molecule has 1 rings (SSSR count). The Morgan fingerprint density at radius 1 is 1.27 bits per heavy atom. The molecular formula is C9H12ClN. The molecule has 2 N–H and O–H groups in total. The van der Waals surface area contributed by atoms with Crippen LogP contribution in [0.3, 0.4) is 0 Å². The van der Waals surface area contributed by atoms with Crippen molar-refractivity contribution in [2.24, 2.45) is 5.73 Å². The summed E-state index contributed by atoms with van der Waals surface area (Å²) in [5.41, 5.74) is 6.72. The zero-order valence-electron chi connectivity index (χ0n) is 6.50. The number of hydrogen-bond donors (Lipinski definition) is 1. The van der Waals surface area contributed by atoms with Gasteiger partial charge in [-0.3, -0.25) is 0 Å². The van der Waals surface area contributed by atoms with E-state index in [1.54, 1.807) is 0 Å². The van der Waals surface area contributed by atoms with E-state index in [4.69, 9.17) is 17.3 Å². The minimum Gasteiger partial charge on any atom is -0.326 e. The van der Waals surface area contributed by atoms with E-state index in [9.17, 15) is 0 Å². The summed E-state index contributed by atoms with van der Waals surface area (Å²) >= 11 is 6.02.